The van der Waals surface area contributed by atoms with Crippen LogP contribution < -0.4 is 0 Å². The molecule has 0 radical (unpaired) electrons. The van der Waals surface area contributed by atoms with E-state index < -0.39 is 0 Å². The van der Waals surface area contributed by atoms with Crippen LogP contribution in [0.5, 0.6) is 0 Å². The van der Waals surface area contributed by atoms with Gasteiger partial charge in [-0.1, -0.05) is 6.92 Å². The lowest BCUT2D eigenvalue weighted by atomic mass is 10.1. The summed E-state index contributed by atoms with van der Waals surface area (Å²) in [4.78, 5) is 28.8. The lowest BCUT2D eigenvalue weighted by Crippen LogP contribution is -2.41. The SMILES string of the molecule is CCC(C)N(CCC(=O)N1CCCC1)C(=O)c1cc(C)oc1C. The smallest absolute Gasteiger partial charge is 0.257 e. The van der Waals surface area contributed by atoms with Crippen LogP contribution in [0.15, 0.2) is 10.5 Å². The molecule has 2 amide bonds. The van der Waals surface area contributed by atoms with Crippen LogP contribution in [0, 0.1) is 13.8 Å². The fourth-order valence-corrected chi connectivity index (χ4v) is 3.08. The zero-order valence-electron chi connectivity index (χ0n) is 14.7. The maximum Gasteiger partial charge on any atom is 0.257 e. The number of carbonyl (C=O) groups excluding carboxylic acids is 2. The van der Waals surface area contributed by atoms with E-state index in [4.69, 9.17) is 4.42 Å². The summed E-state index contributed by atoms with van der Waals surface area (Å²) in [5.74, 6) is 1.50. The van der Waals surface area contributed by atoms with Gasteiger partial charge in [0.15, 0.2) is 0 Å². The van der Waals surface area contributed by atoms with Crippen LogP contribution in [0.3, 0.4) is 0 Å². The first-order valence-electron chi connectivity index (χ1n) is 8.59. The zero-order valence-corrected chi connectivity index (χ0v) is 14.7. The molecule has 1 unspecified atom stereocenters. The lowest BCUT2D eigenvalue weighted by Gasteiger charge is -2.29. The second kappa shape index (κ2) is 7.66. The molecule has 23 heavy (non-hydrogen) atoms. The Kier molecular flexibility index (Phi) is 5.85. The van der Waals surface area contributed by atoms with Crippen LogP contribution in [0.2, 0.25) is 0 Å². The summed E-state index contributed by atoms with van der Waals surface area (Å²) in [6.07, 6.45) is 3.44. The van der Waals surface area contributed by atoms with Crippen molar-refractivity contribution >= 4 is 11.8 Å². The van der Waals surface area contributed by atoms with Gasteiger partial charge in [0.2, 0.25) is 5.91 Å². The van der Waals surface area contributed by atoms with E-state index in [1.54, 1.807) is 6.07 Å². The van der Waals surface area contributed by atoms with Crippen molar-refractivity contribution in [2.75, 3.05) is 19.6 Å². The van der Waals surface area contributed by atoms with Gasteiger partial charge in [-0.25, -0.2) is 0 Å². The van der Waals surface area contributed by atoms with Crippen molar-refractivity contribution < 1.29 is 14.0 Å². The molecule has 0 saturated carbocycles. The third-order valence-corrected chi connectivity index (χ3v) is 4.68. The molecule has 0 spiro atoms. The highest BCUT2D eigenvalue weighted by Crippen LogP contribution is 2.19. The number of hydrogen-bond acceptors (Lipinski definition) is 3. The molecule has 1 saturated heterocycles. The number of nitrogens with zero attached hydrogens (tertiary/aromatic N) is 2. The van der Waals surface area contributed by atoms with Crippen molar-refractivity contribution in [2.24, 2.45) is 0 Å². The van der Waals surface area contributed by atoms with E-state index in [1.165, 1.54) is 0 Å². The largest absolute Gasteiger partial charge is 0.466 e. The molecule has 5 heteroatoms. The summed E-state index contributed by atoms with van der Waals surface area (Å²) in [5, 5.41) is 0. The van der Waals surface area contributed by atoms with Gasteiger partial charge in [-0.05, 0) is 46.1 Å². The van der Waals surface area contributed by atoms with E-state index >= 15 is 0 Å². The molecule has 0 aromatic carbocycles. The minimum absolute atomic E-state index is 0.0390. The van der Waals surface area contributed by atoms with E-state index in [0.29, 0.717) is 24.3 Å². The Morgan fingerprint density at radius 3 is 2.48 bits per heavy atom. The number of hydrogen-bond donors (Lipinski definition) is 0. The summed E-state index contributed by atoms with van der Waals surface area (Å²) >= 11 is 0. The number of likely N-dealkylation sites (tertiary alicyclic amines) is 1. The average molecular weight is 320 g/mol. The molecule has 1 aromatic heterocycles. The monoisotopic (exact) mass is 320 g/mol. The number of amides is 2. The highest BCUT2D eigenvalue weighted by molar-refractivity contribution is 5.95. The van der Waals surface area contributed by atoms with Crippen LogP contribution in [0.25, 0.3) is 0 Å². The van der Waals surface area contributed by atoms with Gasteiger partial charge in [0.25, 0.3) is 5.91 Å². The fraction of sp³-hybridized carbons (Fsp3) is 0.667. The first-order chi connectivity index (χ1) is 10.9. The standard InChI is InChI=1S/C18H28N2O3/c1-5-13(2)20(11-8-17(21)19-9-6-7-10-19)18(22)16-12-14(3)23-15(16)4/h12-13H,5-11H2,1-4H3. The molecular formula is C18H28N2O3. The molecule has 1 aromatic rings. The van der Waals surface area contributed by atoms with Gasteiger partial charge < -0.3 is 14.2 Å². The van der Waals surface area contributed by atoms with Crippen LogP contribution >= 0.6 is 0 Å². The third kappa shape index (κ3) is 4.15. The molecule has 1 aliphatic heterocycles. The molecule has 0 N–H and O–H groups in total. The number of aryl methyl sites for hydroxylation is 2. The molecule has 1 fully saturated rings. The topological polar surface area (TPSA) is 53.8 Å². The van der Waals surface area contributed by atoms with Gasteiger partial charge >= 0.3 is 0 Å². The van der Waals surface area contributed by atoms with E-state index in [9.17, 15) is 9.59 Å². The maximum atomic E-state index is 12.9. The molecule has 1 aliphatic rings. The van der Waals surface area contributed by atoms with Crippen LogP contribution in [0.4, 0.5) is 0 Å². The fourth-order valence-electron chi connectivity index (χ4n) is 3.08. The van der Waals surface area contributed by atoms with Crippen molar-refractivity contribution in [1.29, 1.82) is 0 Å². The first kappa shape index (κ1) is 17.6. The van der Waals surface area contributed by atoms with Crippen molar-refractivity contribution in [3.63, 3.8) is 0 Å². The molecule has 1 atom stereocenters. The minimum atomic E-state index is -0.0390. The van der Waals surface area contributed by atoms with E-state index in [-0.39, 0.29) is 17.9 Å². The molecule has 2 heterocycles. The second-order valence-electron chi connectivity index (χ2n) is 6.42. The third-order valence-electron chi connectivity index (χ3n) is 4.68. The number of rotatable bonds is 6. The Labute approximate surface area is 138 Å². The Morgan fingerprint density at radius 1 is 1.30 bits per heavy atom. The highest BCUT2D eigenvalue weighted by Gasteiger charge is 2.26. The van der Waals surface area contributed by atoms with Crippen molar-refractivity contribution in [1.82, 2.24) is 9.80 Å². The molecule has 0 bridgehead atoms. The normalized spacial score (nSPS) is 15.7. The van der Waals surface area contributed by atoms with Gasteiger partial charge in [-0.15, -0.1) is 0 Å². The quantitative estimate of drug-likeness (QED) is 0.809. The molecule has 128 valence electrons. The van der Waals surface area contributed by atoms with Gasteiger partial charge in [0.1, 0.15) is 11.5 Å². The van der Waals surface area contributed by atoms with Crippen molar-refractivity contribution in [3.05, 3.63) is 23.2 Å². The Balaban J connectivity index is 2.05. The van der Waals surface area contributed by atoms with E-state index in [1.807, 2.05) is 30.6 Å². The van der Waals surface area contributed by atoms with Gasteiger partial charge in [0, 0.05) is 32.1 Å². The van der Waals surface area contributed by atoms with Crippen LogP contribution in [-0.4, -0.2) is 47.3 Å². The summed E-state index contributed by atoms with van der Waals surface area (Å²) in [7, 11) is 0. The summed E-state index contributed by atoms with van der Waals surface area (Å²) in [6, 6.07) is 1.89. The highest BCUT2D eigenvalue weighted by atomic mass is 16.3. The lowest BCUT2D eigenvalue weighted by molar-refractivity contribution is -0.130. The molecule has 2 rings (SSSR count). The molecular weight excluding hydrogens is 292 g/mol. The Morgan fingerprint density at radius 2 is 1.96 bits per heavy atom. The number of furan rings is 1. The minimum Gasteiger partial charge on any atom is -0.466 e. The maximum absolute atomic E-state index is 12.9. The number of carbonyl (C=O) groups is 2. The average Bonchev–Trinajstić information content (AvgIpc) is 3.16. The van der Waals surface area contributed by atoms with Crippen LogP contribution in [0.1, 0.15) is 61.4 Å². The summed E-state index contributed by atoms with van der Waals surface area (Å²) in [5.41, 5.74) is 0.608. The van der Waals surface area contributed by atoms with Crippen molar-refractivity contribution in [2.45, 2.75) is 59.4 Å². The van der Waals surface area contributed by atoms with Gasteiger partial charge in [-0.2, -0.15) is 0 Å². The van der Waals surface area contributed by atoms with E-state index in [0.717, 1.165) is 38.1 Å². The Hall–Kier alpha value is -1.78. The summed E-state index contributed by atoms with van der Waals surface area (Å²) < 4.78 is 5.48. The van der Waals surface area contributed by atoms with Gasteiger partial charge in [0.05, 0.1) is 5.56 Å². The summed E-state index contributed by atoms with van der Waals surface area (Å²) in [6.45, 7) is 9.92. The second-order valence-corrected chi connectivity index (χ2v) is 6.42. The first-order valence-corrected chi connectivity index (χ1v) is 8.59. The predicted molar refractivity (Wildman–Crippen MR) is 89.4 cm³/mol. The predicted octanol–water partition coefficient (Wildman–Crippen LogP) is 3.15. The molecule has 5 nitrogen and oxygen atoms in total. The molecule has 0 aliphatic carbocycles. The Bertz CT molecular complexity index is 559. The zero-order chi connectivity index (χ0) is 17.0. The van der Waals surface area contributed by atoms with E-state index in [2.05, 4.69) is 6.92 Å². The van der Waals surface area contributed by atoms with Crippen molar-refractivity contribution in [3.8, 4) is 0 Å². The van der Waals surface area contributed by atoms with Crippen LogP contribution in [-0.2, 0) is 4.79 Å². The van der Waals surface area contributed by atoms with Gasteiger partial charge in [-0.3, -0.25) is 9.59 Å².